The number of fused-ring (bicyclic) bond motifs is 9. The van der Waals surface area contributed by atoms with Crippen molar-refractivity contribution in [3.8, 4) is 22.5 Å². The third kappa shape index (κ3) is 5.16. The number of aromatic nitrogens is 2. The van der Waals surface area contributed by atoms with Gasteiger partial charge in [-0.2, -0.15) is 0 Å². The molecule has 262 valence electrons. The lowest BCUT2D eigenvalue weighted by Gasteiger charge is -2.13. The minimum atomic E-state index is 0.916. The zero-order valence-corrected chi connectivity index (χ0v) is 31.2. The molecule has 2 nitrogen and oxygen atoms in total. The molecule has 0 unspecified atom stereocenters. The van der Waals surface area contributed by atoms with Crippen LogP contribution in [-0.4, -0.2) is 9.13 Å². The molecule has 55 heavy (non-hydrogen) atoms. The van der Waals surface area contributed by atoms with E-state index in [2.05, 4.69) is 193 Å². The molecule has 2 aromatic heterocycles. The van der Waals surface area contributed by atoms with Crippen molar-refractivity contribution in [2.75, 3.05) is 0 Å². The topological polar surface area (TPSA) is 9.86 Å². The first-order valence-electron chi connectivity index (χ1n) is 19.5. The summed E-state index contributed by atoms with van der Waals surface area (Å²) >= 11 is 0. The first kappa shape index (κ1) is 31.8. The highest BCUT2D eigenvalue weighted by Gasteiger charge is 2.22. The van der Waals surface area contributed by atoms with E-state index in [1.165, 1.54) is 111 Å². The Morgan fingerprint density at radius 1 is 0.382 bits per heavy atom. The van der Waals surface area contributed by atoms with E-state index in [4.69, 9.17) is 0 Å². The summed E-state index contributed by atoms with van der Waals surface area (Å²) in [6, 6.07) is 63.2. The van der Waals surface area contributed by atoms with E-state index in [1.54, 1.807) is 0 Å². The Hall–Kier alpha value is -6.64. The Labute approximate surface area is 321 Å². The smallest absolute Gasteiger partial charge is 0.0541 e. The summed E-state index contributed by atoms with van der Waals surface area (Å²) < 4.78 is 4.79. The third-order valence-electron chi connectivity index (χ3n) is 12.1. The average molecular weight is 705 g/mol. The van der Waals surface area contributed by atoms with Gasteiger partial charge in [-0.3, -0.25) is 0 Å². The van der Waals surface area contributed by atoms with Gasteiger partial charge in [0.2, 0.25) is 0 Å². The molecule has 1 aliphatic rings. The fourth-order valence-electron chi connectivity index (χ4n) is 9.37. The average Bonchev–Trinajstić information content (AvgIpc) is 3.86. The summed E-state index contributed by atoms with van der Waals surface area (Å²) in [5.41, 5.74) is 21.3. The molecule has 0 amide bonds. The lowest BCUT2D eigenvalue weighted by molar-refractivity contribution is 1.12. The van der Waals surface area contributed by atoms with Crippen LogP contribution in [0.3, 0.4) is 0 Å². The van der Waals surface area contributed by atoms with Gasteiger partial charge in [-0.05, 0) is 137 Å². The second-order valence-corrected chi connectivity index (χ2v) is 15.5. The van der Waals surface area contributed by atoms with E-state index in [9.17, 15) is 0 Å². The summed E-state index contributed by atoms with van der Waals surface area (Å²) in [5.74, 6) is 0. The van der Waals surface area contributed by atoms with Crippen LogP contribution < -0.4 is 0 Å². The first-order valence-corrected chi connectivity index (χ1v) is 19.5. The molecular weight excluding hydrogens is 665 g/mol. The predicted molar refractivity (Wildman–Crippen MR) is 231 cm³/mol. The Bertz CT molecular complexity index is 2800. The number of hydrogen-bond acceptors (Lipinski definition) is 0. The van der Waals surface area contributed by atoms with Gasteiger partial charge in [-0.15, -0.1) is 0 Å². The fourth-order valence-corrected chi connectivity index (χ4v) is 9.37. The summed E-state index contributed by atoms with van der Waals surface area (Å²) in [4.78, 5) is 0. The van der Waals surface area contributed by atoms with Gasteiger partial charge in [-0.1, -0.05) is 121 Å². The van der Waals surface area contributed by atoms with Gasteiger partial charge >= 0.3 is 0 Å². The van der Waals surface area contributed by atoms with Crippen molar-refractivity contribution in [3.63, 3.8) is 0 Å². The van der Waals surface area contributed by atoms with Crippen molar-refractivity contribution in [3.05, 3.63) is 214 Å². The maximum atomic E-state index is 2.48. The minimum absolute atomic E-state index is 0.916. The molecule has 0 saturated heterocycles. The third-order valence-corrected chi connectivity index (χ3v) is 12.1. The summed E-state index contributed by atoms with van der Waals surface area (Å²) in [6.45, 7) is 4.56. The molecule has 0 atom stereocenters. The lowest BCUT2D eigenvalue weighted by atomic mass is 9.92. The maximum absolute atomic E-state index is 2.48. The van der Waals surface area contributed by atoms with Crippen molar-refractivity contribution < 1.29 is 0 Å². The van der Waals surface area contributed by atoms with Crippen LogP contribution in [0.5, 0.6) is 0 Å². The maximum Gasteiger partial charge on any atom is 0.0541 e. The van der Waals surface area contributed by atoms with Crippen molar-refractivity contribution in [2.24, 2.45) is 0 Å². The predicted octanol–water partition coefficient (Wildman–Crippen LogP) is 13.3. The normalized spacial score (nSPS) is 12.3. The minimum Gasteiger partial charge on any atom is -0.309 e. The zero-order chi connectivity index (χ0) is 36.6. The number of aryl methyl sites for hydroxylation is 2. The number of para-hydroxylation sites is 4. The highest BCUT2D eigenvalue weighted by Crippen LogP contribution is 2.41. The van der Waals surface area contributed by atoms with Crippen LogP contribution in [0.15, 0.2) is 170 Å². The summed E-state index contributed by atoms with van der Waals surface area (Å²) in [7, 11) is 0. The molecule has 0 spiro atoms. The standard InChI is InChI=1S/C53H40N2/c1-34-27-40-31-41-28-35(2)39(30-37-21-25-43(26-22-37)55-52-17-9-5-13-46(52)47-14-6-10-18-53(47)55)33-49(41)48(40)32-38(34)29-36-19-23-42(24-20-36)54-50-15-7-3-11-44(50)45-12-4-8-16-51(45)54/h3-28,32-33H,29-31H2,1-2H3. The molecule has 0 saturated carbocycles. The van der Waals surface area contributed by atoms with Crippen LogP contribution in [0.2, 0.25) is 0 Å². The van der Waals surface area contributed by atoms with Gasteiger partial charge in [0.25, 0.3) is 0 Å². The molecule has 0 aliphatic heterocycles. The van der Waals surface area contributed by atoms with Crippen LogP contribution in [0.1, 0.15) is 44.5 Å². The lowest BCUT2D eigenvalue weighted by Crippen LogP contribution is -1.97. The van der Waals surface area contributed by atoms with E-state index >= 15 is 0 Å². The Balaban J connectivity index is 0.878. The number of rotatable bonds is 6. The Morgan fingerprint density at radius 3 is 1.05 bits per heavy atom. The van der Waals surface area contributed by atoms with Crippen LogP contribution in [0.4, 0.5) is 0 Å². The van der Waals surface area contributed by atoms with Gasteiger partial charge in [0.05, 0.1) is 22.1 Å². The molecule has 1 aliphatic carbocycles. The molecule has 0 fully saturated rings. The zero-order valence-electron chi connectivity index (χ0n) is 31.2. The number of benzene rings is 8. The molecule has 11 rings (SSSR count). The van der Waals surface area contributed by atoms with Crippen molar-refractivity contribution in [1.82, 2.24) is 9.13 Å². The van der Waals surface area contributed by atoms with Gasteiger partial charge in [0, 0.05) is 32.9 Å². The SMILES string of the molecule is Cc1cc2c(cc1Cc1ccc(-n3c4ccccc4c4ccccc43)cc1)-c1cc(Cc3ccc(-n4c5ccccc5c5ccccc54)cc3)c(C)cc1C2. The molecule has 0 radical (unpaired) electrons. The summed E-state index contributed by atoms with van der Waals surface area (Å²) in [6.07, 6.45) is 2.84. The number of hydrogen-bond donors (Lipinski definition) is 0. The van der Waals surface area contributed by atoms with Crippen LogP contribution >= 0.6 is 0 Å². The molecule has 2 heteroatoms. The largest absolute Gasteiger partial charge is 0.309 e. The van der Waals surface area contributed by atoms with Crippen molar-refractivity contribution in [2.45, 2.75) is 33.1 Å². The van der Waals surface area contributed by atoms with E-state index in [0.29, 0.717) is 0 Å². The second-order valence-electron chi connectivity index (χ2n) is 15.5. The molecule has 0 bridgehead atoms. The van der Waals surface area contributed by atoms with E-state index in [-0.39, 0.29) is 0 Å². The monoisotopic (exact) mass is 704 g/mol. The Morgan fingerprint density at radius 2 is 0.709 bits per heavy atom. The highest BCUT2D eigenvalue weighted by atomic mass is 15.0. The first-order chi connectivity index (χ1) is 27.1. The molecule has 10 aromatic rings. The fraction of sp³-hybridized carbons (Fsp3) is 0.0943. The summed E-state index contributed by atoms with van der Waals surface area (Å²) in [5, 5.41) is 5.18. The second kappa shape index (κ2) is 12.5. The van der Waals surface area contributed by atoms with Crippen LogP contribution in [0, 0.1) is 13.8 Å². The Kier molecular flexibility index (Phi) is 7.22. The molecule has 2 heterocycles. The van der Waals surface area contributed by atoms with Crippen LogP contribution in [0.25, 0.3) is 66.1 Å². The van der Waals surface area contributed by atoms with Crippen LogP contribution in [-0.2, 0) is 19.3 Å². The van der Waals surface area contributed by atoms with Crippen molar-refractivity contribution in [1.29, 1.82) is 0 Å². The quantitative estimate of drug-likeness (QED) is 0.163. The molecule has 0 N–H and O–H groups in total. The van der Waals surface area contributed by atoms with Gasteiger partial charge < -0.3 is 9.13 Å². The highest BCUT2D eigenvalue weighted by molar-refractivity contribution is 6.10. The van der Waals surface area contributed by atoms with Gasteiger partial charge in [0.1, 0.15) is 0 Å². The number of nitrogens with zero attached hydrogens (tertiary/aromatic N) is 2. The van der Waals surface area contributed by atoms with Gasteiger partial charge in [-0.25, -0.2) is 0 Å². The van der Waals surface area contributed by atoms with Gasteiger partial charge in [0.15, 0.2) is 0 Å². The van der Waals surface area contributed by atoms with E-state index in [0.717, 1.165) is 19.3 Å². The van der Waals surface area contributed by atoms with Crippen molar-refractivity contribution >= 4 is 43.6 Å². The van der Waals surface area contributed by atoms with E-state index < -0.39 is 0 Å². The molecule has 8 aromatic carbocycles. The van der Waals surface area contributed by atoms with E-state index in [1.807, 2.05) is 0 Å². The molecular formula is C53H40N2.